The molecule has 2 aromatic carbocycles. The van der Waals surface area contributed by atoms with Crippen LogP contribution in [0.1, 0.15) is 23.6 Å². The molecule has 1 aliphatic rings. The van der Waals surface area contributed by atoms with Crippen LogP contribution in [0.25, 0.3) is 22.2 Å². The molecule has 0 spiro atoms. The average Bonchev–Trinajstić information content (AvgIpc) is 2.74. The fourth-order valence-electron chi connectivity index (χ4n) is 3.81. The highest BCUT2D eigenvalue weighted by atomic mass is 19.1. The van der Waals surface area contributed by atoms with E-state index in [1.54, 1.807) is 18.2 Å². The number of fused-ring (bicyclic) bond motifs is 1. The van der Waals surface area contributed by atoms with Gasteiger partial charge < -0.3 is 4.74 Å². The normalized spacial score (nSPS) is 14.6. The maximum atomic E-state index is 13.9. The molecule has 0 N–H and O–H groups in total. The van der Waals surface area contributed by atoms with Gasteiger partial charge in [-0.2, -0.15) is 5.26 Å². The van der Waals surface area contributed by atoms with Gasteiger partial charge in [0, 0.05) is 43.1 Å². The van der Waals surface area contributed by atoms with Gasteiger partial charge in [-0.05, 0) is 42.3 Å². The second kappa shape index (κ2) is 8.70. The number of ether oxygens (including phenoxy) is 1. The summed E-state index contributed by atoms with van der Waals surface area (Å²) in [5, 5.41) is 10.4. The van der Waals surface area contributed by atoms with Gasteiger partial charge in [-0.25, -0.2) is 9.37 Å². The van der Waals surface area contributed by atoms with Crippen molar-refractivity contribution in [1.29, 1.82) is 5.26 Å². The highest BCUT2D eigenvalue weighted by Gasteiger charge is 2.16. The van der Waals surface area contributed by atoms with Crippen LogP contribution in [-0.4, -0.2) is 42.0 Å². The zero-order valence-electron chi connectivity index (χ0n) is 16.8. The Hall–Kier alpha value is -3.14. The maximum Gasteiger partial charge on any atom is 0.134 e. The smallest absolute Gasteiger partial charge is 0.134 e. The van der Waals surface area contributed by atoms with Crippen LogP contribution in [0.15, 0.2) is 42.5 Å². The molecule has 0 amide bonds. The Morgan fingerprint density at radius 2 is 1.97 bits per heavy atom. The Bertz CT molecular complexity index is 1150. The van der Waals surface area contributed by atoms with Gasteiger partial charge in [0.2, 0.25) is 0 Å². The van der Waals surface area contributed by atoms with E-state index in [9.17, 15) is 14.4 Å². The number of pyridine rings is 1. The van der Waals surface area contributed by atoms with Crippen LogP contribution in [0, 0.1) is 17.1 Å². The van der Waals surface area contributed by atoms with Crippen LogP contribution in [0.4, 0.5) is 4.39 Å². The van der Waals surface area contributed by atoms with Crippen molar-refractivity contribution in [3.8, 4) is 17.3 Å². The number of nitriles is 1. The molecule has 6 heteroatoms. The number of morpholine rings is 1. The third-order valence-corrected chi connectivity index (χ3v) is 5.32. The lowest BCUT2D eigenvalue weighted by atomic mass is 9.97. The first-order chi connectivity index (χ1) is 14.5. The fourth-order valence-corrected chi connectivity index (χ4v) is 3.81. The zero-order chi connectivity index (χ0) is 21.1. The molecule has 1 aliphatic heterocycles. The number of ketones is 1. The minimum Gasteiger partial charge on any atom is -0.379 e. The third kappa shape index (κ3) is 4.38. The van der Waals surface area contributed by atoms with Gasteiger partial charge in [0.1, 0.15) is 11.6 Å². The molecule has 0 unspecified atom stereocenters. The molecule has 1 fully saturated rings. The van der Waals surface area contributed by atoms with Crippen molar-refractivity contribution in [1.82, 2.24) is 9.88 Å². The van der Waals surface area contributed by atoms with E-state index in [1.165, 1.54) is 19.1 Å². The molecule has 0 radical (unpaired) electrons. The van der Waals surface area contributed by atoms with Crippen molar-refractivity contribution in [3.63, 3.8) is 0 Å². The van der Waals surface area contributed by atoms with E-state index in [0.29, 0.717) is 42.1 Å². The minimum atomic E-state index is -0.334. The van der Waals surface area contributed by atoms with E-state index in [-0.39, 0.29) is 18.0 Å². The van der Waals surface area contributed by atoms with E-state index in [1.807, 2.05) is 12.1 Å². The molecule has 152 valence electrons. The molecule has 0 bridgehead atoms. The van der Waals surface area contributed by atoms with Crippen LogP contribution < -0.4 is 0 Å². The Kier molecular flexibility index (Phi) is 5.84. The van der Waals surface area contributed by atoms with Crippen molar-refractivity contribution < 1.29 is 13.9 Å². The second-order valence-electron chi connectivity index (χ2n) is 7.58. The maximum absolute atomic E-state index is 13.9. The molecule has 5 nitrogen and oxygen atoms in total. The van der Waals surface area contributed by atoms with Crippen LogP contribution in [0.3, 0.4) is 0 Å². The van der Waals surface area contributed by atoms with E-state index in [4.69, 9.17) is 4.74 Å². The number of Topliss-reactive ketones (excluding diaryl/α,β-unsaturated/α-hetero) is 1. The summed E-state index contributed by atoms with van der Waals surface area (Å²) in [4.78, 5) is 18.5. The minimum absolute atomic E-state index is 0.00588. The van der Waals surface area contributed by atoms with E-state index in [2.05, 4.69) is 16.0 Å². The first kappa shape index (κ1) is 20.1. The quantitative estimate of drug-likeness (QED) is 0.647. The average molecular weight is 403 g/mol. The summed E-state index contributed by atoms with van der Waals surface area (Å²) in [7, 11) is 0. The highest BCUT2D eigenvalue weighted by Crippen LogP contribution is 2.28. The molecule has 1 saturated heterocycles. The largest absolute Gasteiger partial charge is 0.379 e. The fraction of sp³-hybridized carbons (Fsp3) is 0.292. The number of hydrogen-bond acceptors (Lipinski definition) is 5. The molecule has 0 aliphatic carbocycles. The second-order valence-corrected chi connectivity index (χ2v) is 7.58. The topological polar surface area (TPSA) is 66.2 Å². The Labute approximate surface area is 174 Å². The van der Waals surface area contributed by atoms with Crippen LogP contribution in [0.5, 0.6) is 0 Å². The lowest BCUT2D eigenvalue weighted by Gasteiger charge is -2.27. The van der Waals surface area contributed by atoms with E-state index >= 15 is 0 Å². The molecular formula is C24H22FN3O2. The summed E-state index contributed by atoms with van der Waals surface area (Å²) in [5.41, 5.74) is 4.26. The third-order valence-electron chi connectivity index (χ3n) is 5.32. The van der Waals surface area contributed by atoms with E-state index < -0.39 is 0 Å². The monoisotopic (exact) mass is 403 g/mol. The summed E-state index contributed by atoms with van der Waals surface area (Å²) < 4.78 is 19.4. The van der Waals surface area contributed by atoms with Gasteiger partial charge in [-0.15, -0.1) is 0 Å². The Morgan fingerprint density at radius 3 is 2.70 bits per heavy atom. The van der Waals surface area contributed by atoms with Gasteiger partial charge in [-0.1, -0.05) is 12.1 Å². The molecule has 2 heterocycles. The number of carbonyl (C=O) groups is 1. The summed E-state index contributed by atoms with van der Waals surface area (Å²) >= 11 is 0. The van der Waals surface area contributed by atoms with Crippen LogP contribution >= 0.6 is 0 Å². The lowest BCUT2D eigenvalue weighted by Crippen LogP contribution is -2.35. The standard InChI is InChI=1S/C24H22FN3O2/c1-16(29)10-17-2-3-18(11-19(17)14-26)23-12-20(15-28-6-8-30-9-7-28)22-5-4-21(25)13-24(22)27-23/h2-5,11-13H,6-10,15H2,1H3. The summed E-state index contributed by atoms with van der Waals surface area (Å²) in [6.45, 7) is 5.32. The van der Waals surface area contributed by atoms with Crippen LogP contribution in [0.2, 0.25) is 0 Å². The first-order valence-corrected chi connectivity index (χ1v) is 9.95. The number of carbonyl (C=O) groups excluding carboxylic acids is 1. The lowest BCUT2D eigenvalue weighted by molar-refractivity contribution is -0.116. The number of rotatable bonds is 5. The Balaban J connectivity index is 1.78. The molecule has 3 aromatic rings. The molecule has 1 aromatic heterocycles. The number of nitrogens with zero attached hydrogens (tertiary/aromatic N) is 3. The first-order valence-electron chi connectivity index (χ1n) is 9.95. The number of benzene rings is 2. The number of halogens is 1. The van der Waals surface area contributed by atoms with Gasteiger partial charge in [0.25, 0.3) is 0 Å². The molecule has 4 rings (SSSR count). The van der Waals surface area contributed by atoms with Gasteiger partial charge in [0.05, 0.1) is 36.1 Å². The molecule has 0 atom stereocenters. The predicted molar refractivity (Wildman–Crippen MR) is 112 cm³/mol. The SMILES string of the molecule is CC(=O)Cc1ccc(-c2cc(CN3CCOCC3)c3ccc(F)cc3n2)cc1C#N. The van der Waals surface area contributed by atoms with Gasteiger partial charge >= 0.3 is 0 Å². The van der Waals surface area contributed by atoms with Crippen molar-refractivity contribution in [2.45, 2.75) is 19.9 Å². The Morgan fingerprint density at radius 1 is 1.17 bits per heavy atom. The number of aromatic nitrogens is 1. The van der Waals surface area contributed by atoms with Crippen molar-refractivity contribution in [2.24, 2.45) is 0 Å². The van der Waals surface area contributed by atoms with Gasteiger partial charge in [-0.3, -0.25) is 9.69 Å². The summed E-state index contributed by atoms with van der Waals surface area (Å²) in [6.07, 6.45) is 0.224. The van der Waals surface area contributed by atoms with E-state index in [0.717, 1.165) is 29.6 Å². The van der Waals surface area contributed by atoms with Crippen molar-refractivity contribution in [3.05, 3.63) is 65.0 Å². The predicted octanol–water partition coefficient (Wildman–Crippen LogP) is 3.88. The van der Waals surface area contributed by atoms with Gasteiger partial charge in [0.15, 0.2) is 0 Å². The van der Waals surface area contributed by atoms with Crippen molar-refractivity contribution >= 4 is 16.7 Å². The van der Waals surface area contributed by atoms with Crippen LogP contribution in [-0.2, 0) is 22.5 Å². The zero-order valence-corrected chi connectivity index (χ0v) is 16.8. The molecule has 30 heavy (non-hydrogen) atoms. The highest BCUT2D eigenvalue weighted by molar-refractivity contribution is 5.85. The number of hydrogen-bond donors (Lipinski definition) is 0. The summed E-state index contributed by atoms with van der Waals surface area (Å²) in [5.74, 6) is -0.328. The molecular weight excluding hydrogens is 381 g/mol. The summed E-state index contributed by atoms with van der Waals surface area (Å²) in [6, 6.07) is 14.3. The van der Waals surface area contributed by atoms with Crippen molar-refractivity contribution in [2.75, 3.05) is 26.3 Å². The molecule has 0 saturated carbocycles.